The van der Waals surface area contributed by atoms with E-state index in [4.69, 9.17) is 0 Å². The number of rotatable bonds is 5. The fourth-order valence-electron chi connectivity index (χ4n) is 3.95. The molecule has 0 radical (unpaired) electrons. The molecule has 0 atom stereocenters. The van der Waals surface area contributed by atoms with Crippen LogP contribution >= 0.6 is 11.3 Å². The Morgan fingerprint density at radius 3 is 2.41 bits per heavy atom. The first-order chi connectivity index (χ1) is 16.0. The minimum absolute atomic E-state index is 0.101. The highest BCUT2D eigenvalue weighted by Gasteiger charge is 2.30. The van der Waals surface area contributed by atoms with Crippen LogP contribution in [0.1, 0.15) is 42.5 Å². The number of likely N-dealkylation sites (N-methyl/N-ethyl adjacent to an activating group) is 1. The van der Waals surface area contributed by atoms with Gasteiger partial charge in [0, 0.05) is 43.3 Å². The standard InChI is InChI=1S/C23H27N5O4S2/c1-14-12-15(2)28(25-14)23(30)20-18-10-11-27(5)13-19(18)33-22(20)24-21(29)16-6-8-17(9-7-16)34(31,32)26(3)4/h6-9,12H,10-11,13H2,1-5H3,(H,24,29). The normalized spacial score (nSPS) is 14.3. The predicted octanol–water partition coefficient (Wildman–Crippen LogP) is 2.74. The molecule has 9 nitrogen and oxygen atoms in total. The van der Waals surface area contributed by atoms with E-state index in [9.17, 15) is 18.0 Å². The zero-order valence-electron chi connectivity index (χ0n) is 19.7. The number of nitrogens with zero attached hydrogens (tertiary/aromatic N) is 4. The average Bonchev–Trinajstić information content (AvgIpc) is 3.31. The van der Waals surface area contributed by atoms with E-state index < -0.39 is 15.9 Å². The molecule has 1 amide bonds. The number of hydrogen-bond acceptors (Lipinski definition) is 7. The zero-order chi connectivity index (χ0) is 24.8. The summed E-state index contributed by atoms with van der Waals surface area (Å²) in [7, 11) is 1.33. The number of carbonyl (C=O) groups is 2. The van der Waals surface area contributed by atoms with Gasteiger partial charge < -0.3 is 10.2 Å². The molecule has 1 aromatic carbocycles. The summed E-state index contributed by atoms with van der Waals surface area (Å²) in [5, 5.41) is 7.72. The number of anilines is 1. The van der Waals surface area contributed by atoms with Gasteiger partial charge in [0.05, 0.1) is 16.2 Å². The molecule has 2 aromatic heterocycles. The van der Waals surface area contributed by atoms with E-state index in [1.54, 1.807) is 0 Å². The van der Waals surface area contributed by atoms with Gasteiger partial charge in [0.1, 0.15) is 5.00 Å². The van der Waals surface area contributed by atoms with Crippen molar-refractivity contribution < 1.29 is 18.0 Å². The average molecular weight is 502 g/mol. The second-order valence-corrected chi connectivity index (χ2v) is 11.9. The van der Waals surface area contributed by atoms with Crippen LogP contribution in [0.25, 0.3) is 0 Å². The summed E-state index contributed by atoms with van der Waals surface area (Å²) < 4.78 is 27.1. The molecule has 0 spiro atoms. The Morgan fingerprint density at radius 2 is 1.82 bits per heavy atom. The van der Waals surface area contributed by atoms with Gasteiger partial charge >= 0.3 is 0 Å². The lowest BCUT2D eigenvalue weighted by Gasteiger charge is -2.22. The number of carbonyl (C=O) groups excluding carboxylic acids is 2. The highest BCUT2D eigenvalue weighted by Crippen LogP contribution is 2.38. The number of aromatic nitrogens is 2. The van der Waals surface area contributed by atoms with Crippen LogP contribution in [-0.2, 0) is 23.0 Å². The molecular weight excluding hydrogens is 474 g/mol. The second-order valence-electron chi connectivity index (χ2n) is 8.61. The SMILES string of the molecule is Cc1cc(C)n(C(=O)c2c(NC(=O)c3ccc(S(=O)(=O)N(C)C)cc3)sc3c2CCN(C)C3)n1. The van der Waals surface area contributed by atoms with Crippen LogP contribution in [0.5, 0.6) is 0 Å². The summed E-state index contributed by atoms with van der Waals surface area (Å²) >= 11 is 1.40. The number of hydrogen-bond donors (Lipinski definition) is 1. The van der Waals surface area contributed by atoms with Gasteiger partial charge in [-0.05, 0) is 63.2 Å². The highest BCUT2D eigenvalue weighted by atomic mass is 32.2. The van der Waals surface area contributed by atoms with Gasteiger partial charge in [-0.25, -0.2) is 17.4 Å². The Balaban J connectivity index is 1.69. The summed E-state index contributed by atoms with van der Waals surface area (Å²) in [5.41, 5.74) is 3.19. The molecule has 1 aliphatic rings. The van der Waals surface area contributed by atoms with Crippen molar-refractivity contribution in [3.05, 3.63) is 63.3 Å². The van der Waals surface area contributed by atoms with E-state index >= 15 is 0 Å². The van der Waals surface area contributed by atoms with Crippen LogP contribution < -0.4 is 5.32 Å². The van der Waals surface area contributed by atoms with E-state index in [1.165, 1.54) is 54.4 Å². The van der Waals surface area contributed by atoms with Crippen molar-refractivity contribution in [2.75, 3.05) is 33.0 Å². The Morgan fingerprint density at radius 1 is 1.15 bits per heavy atom. The van der Waals surface area contributed by atoms with Crippen molar-refractivity contribution in [2.45, 2.75) is 31.7 Å². The fraction of sp³-hybridized carbons (Fsp3) is 0.348. The third-order valence-corrected chi connectivity index (χ3v) is 8.75. The summed E-state index contributed by atoms with van der Waals surface area (Å²) in [5.74, 6) is -0.682. The predicted molar refractivity (Wildman–Crippen MR) is 131 cm³/mol. The monoisotopic (exact) mass is 501 g/mol. The van der Waals surface area contributed by atoms with E-state index in [1.807, 2.05) is 27.0 Å². The van der Waals surface area contributed by atoms with Crippen molar-refractivity contribution in [3.63, 3.8) is 0 Å². The highest BCUT2D eigenvalue weighted by molar-refractivity contribution is 7.89. The lowest BCUT2D eigenvalue weighted by atomic mass is 10.0. The van der Waals surface area contributed by atoms with Gasteiger partial charge in [-0.3, -0.25) is 9.59 Å². The summed E-state index contributed by atoms with van der Waals surface area (Å²) in [6.07, 6.45) is 0.704. The molecule has 3 heterocycles. The van der Waals surface area contributed by atoms with Crippen molar-refractivity contribution in [1.82, 2.24) is 19.0 Å². The van der Waals surface area contributed by atoms with Crippen LogP contribution in [0.15, 0.2) is 35.2 Å². The molecule has 0 fully saturated rings. The van der Waals surface area contributed by atoms with Gasteiger partial charge in [0.25, 0.3) is 11.8 Å². The fourth-order valence-corrected chi connectivity index (χ4v) is 6.17. The maximum absolute atomic E-state index is 13.5. The maximum atomic E-state index is 13.5. The van der Waals surface area contributed by atoms with Crippen LogP contribution in [0.4, 0.5) is 5.00 Å². The van der Waals surface area contributed by atoms with Gasteiger partial charge in [-0.2, -0.15) is 5.10 Å². The van der Waals surface area contributed by atoms with E-state index in [0.29, 0.717) is 29.1 Å². The molecule has 34 heavy (non-hydrogen) atoms. The van der Waals surface area contributed by atoms with Crippen molar-refractivity contribution in [1.29, 1.82) is 0 Å². The number of benzene rings is 1. The molecule has 0 aliphatic carbocycles. The minimum atomic E-state index is -3.59. The Kier molecular flexibility index (Phi) is 6.47. The molecule has 0 unspecified atom stereocenters. The number of fused-ring (bicyclic) bond motifs is 1. The smallest absolute Gasteiger partial charge is 0.281 e. The Labute approximate surface area is 203 Å². The summed E-state index contributed by atoms with van der Waals surface area (Å²) in [6, 6.07) is 7.58. The zero-order valence-corrected chi connectivity index (χ0v) is 21.4. The number of amides is 1. The topological polar surface area (TPSA) is 105 Å². The number of aryl methyl sites for hydroxylation is 2. The van der Waals surface area contributed by atoms with Crippen LogP contribution in [0.3, 0.4) is 0 Å². The Hall–Kier alpha value is -2.86. The Bertz CT molecular complexity index is 1370. The molecule has 180 valence electrons. The van der Waals surface area contributed by atoms with Gasteiger partial charge in [-0.1, -0.05) is 0 Å². The first kappa shape index (κ1) is 24.3. The van der Waals surface area contributed by atoms with Gasteiger partial charge in [0.15, 0.2) is 0 Å². The van der Waals surface area contributed by atoms with Gasteiger partial charge in [0.2, 0.25) is 10.0 Å². The molecule has 1 aliphatic heterocycles. The molecule has 0 saturated heterocycles. The molecule has 0 saturated carbocycles. The lowest BCUT2D eigenvalue weighted by Crippen LogP contribution is -2.27. The first-order valence-electron chi connectivity index (χ1n) is 10.7. The van der Waals surface area contributed by atoms with Crippen molar-refractivity contribution in [2.24, 2.45) is 0 Å². The number of nitrogens with one attached hydrogen (secondary N) is 1. The molecule has 3 aromatic rings. The maximum Gasteiger partial charge on any atom is 0.281 e. The number of sulfonamides is 1. The first-order valence-corrected chi connectivity index (χ1v) is 13.0. The van der Waals surface area contributed by atoms with Crippen molar-refractivity contribution >= 4 is 38.2 Å². The van der Waals surface area contributed by atoms with Crippen LogP contribution in [-0.4, -0.2) is 66.9 Å². The summed E-state index contributed by atoms with van der Waals surface area (Å²) in [4.78, 5) is 29.9. The molecule has 1 N–H and O–H groups in total. The van der Waals surface area contributed by atoms with E-state index in [0.717, 1.165) is 32.7 Å². The molecular formula is C23H27N5O4S2. The number of thiophene rings is 1. The molecule has 11 heteroatoms. The van der Waals surface area contributed by atoms with Crippen LogP contribution in [0, 0.1) is 13.8 Å². The van der Waals surface area contributed by atoms with Crippen molar-refractivity contribution in [3.8, 4) is 0 Å². The molecule has 0 bridgehead atoms. The van der Waals surface area contributed by atoms with Crippen LogP contribution in [0.2, 0.25) is 0 Å². The second kappa shape index (κ2) is 9.06. The largest absolute Gasteiger partial charge is 0.313 e. The third-order valence-electron chi connectivity index (χ3n) is 5.79. The molecule has 4 rings (SSSR count). The quantitative estimate of drug-likeness (QED) is 0.577. The summed E-state index contributed by atoms with van der Waals surface area (Å²) in [6.45, 7) is 5.17. The minimum Gasteiger partial charge on any atom is -0.313 e. The third kappa shape index (κ3) is 4.43. The lowest BCUT2D eigenvalue weighted by molar-refractivity contribution is 0.0942. The van der Waals surface area contributed by atoms with E-state index in [-0.39, 0.29) is 10.8 Å². The van der Waals surface area contributed by atoms with Gasteiger partial charge in [-0.15, -0.1) is 11.3 Å². The van der Waals surface area contributed by atoms with E-state index in [2.05, 4.69) is 15.3 Å².